The first-order valence-corrected chi connectivity index (χ1v) is 6.41. The second-order valence-corrected chi connectivity index (χ2v) is 4.95. The van der Waals surface area contributed by atoms with Crippen LogP contribution in [0.25, 0.3) is 21.2 Å². The summed E-state index contributed by atoms with van der Waals surface area (Å²) in [5.74, 6) is 0.0997. The number of aromatic nitrogens is 2. The highest BCUT2D eigenvalue weighted by Gasteiger charge is 2.09. The van der Waals surface area contributed by atoms with Crippen LogP contribution in [-0.4, -0.2) is 15.8 Å². The summed E-state index contributed by atoms with van der Waals surface area (Å²) >= 11 is 1.59. The van der Waals surface area contributed by atoms with E-state index in [-0.39, 0.29) is 5.78 Å². The minimum Gasteiger partial charge on any atom is -0.294 e. The van der Waals surface area contributed by atoms with Gasteiger partial charge in [-0.2, -0.15) is 0 Å². The number of carbonyl (C=O) groups excluding carboxylic acids is 1. The molecule has 3 rings (SSSR count). The second kappa shape index (κ2) is 4.31. The Morgan fingerprint density at radius 3 is 2.67 bits per heavy atom. The fourth-order valence-electron chi connectivity index (χ4n) is 1.93. The largest absolute Gasteiger partial charge is 0.294 e. The Morgan fingerprint density at radius 1 is 1.17 bits per heavy atom. The van der Waals surface area contributed by atoms with Crippen molar-refractivity contribution < 1.29 is 4.79 Å². The summed E-state index contributed by atoms with van der Waals surface area (Å²) in [5, 5.41) is 2.92. The van der Waals surface area contributed by atoms with Gasteiger partial charge >= 0.3 is 0 Å². The number of Topliss-reactive ketones (excluding diaryl/α,β-unsaturated/α-hetero) is 1. The SMILES string of the molecule is CC(=O)c1csc2ccc(-c3cncnc3)cc12. The lowest BCUT2D eigenvalue weighted by Crippen LogP contribution is -1.89. The van der Waals surface area contributed by atoms with Crippen LogP contribution in [0.3, 0.4) is 0 Å². The highest BCUT2D eigenvalue weighted by molar-refractivity contribution is 7.17. The third-order valence-corrected chi connectivity index (χ3v) is 3.81. The van der Waals surface area contributed by atoms with Gasteiger partial charge in [-0.1, -0.05) is 6.07 Å². The van der Waals surface area contributed by atoms with E-state index in [0.717, 1.165) is 26.8 Å². The number of fused-ring (bicyclic) bond motifs is 1. The van der Waals surface area contributed by atoms with Crippen LogP contribution in [0, 0.1) is 0 Å². The molecule has 2 aromatic heterocycles. The number of benzene rings is 1. The van der Waals surface area contributed by atoms with Crippen LogP contribution in [0.2, 0.25) is 0 Å². The lowest BCUT2D eigenvalue weighted by Gasteiger charge is -2.01. The molecule has 88 valence electrons. The lowest BCUT2D eigenvalue weighted by atomic mass is 10.0. The third-order valence-electron chi connectivity index (χ3n) is 2.85. The van der Waals surface area contributed by atoms with Gasteiger partial charge in [0, 0.05) is 39.0 Å². The molecule has 3 nitrogen and oxygen atoms in total. The van der Waals surface area contributed by atoms with E-state index in [1.54, 1.807) is 30.7 Å². The number of ketones is 1. The summed E-state index contributed by atoms with van der Waals surface area (Å²) in [6.07, 6.45) is 5.05. The van der Waals surface area contributed by atoms with Crippen LogP contribution < -0.4 is 0 Å². The molecule has 0 aliphatic rings. The molecule has 0 aliphatic carbocycles. The van der Waals surface area contributed by atoms with Crippen molar-refractivity contribution in [2.24, 2.45) is 0 Å². The van der Waals surface area contributed by atoms with E-state index in [4.69, 9.17) is 0 Å². The quantitative estimate of drug-likeness (QED) is 0.657. The predicted octanol–water partition coefficient (Wildman–Crippen LogP) is 3.56. The Labute approximate surface area is 108 Å². The number of hydrogen-bond donors (Lipinski definition) is 0. The monoisotopic (exact) mass is 254 g/mol. The molecular weight excluding hydrogens is 244 g/mol. The van der Waals surface area contributed by atoms with Gasteiger partial charge in [-0.15, -0.1) is 11.3 Å². The first-order chi connectivity index (χ1) is 8.75. The van der Waals surface area contributed by atoms with Crippen molar-refractivity contribution in [2.45, 2.75) is 6.92 Å². The molecule has 0 saturated carbocycles. The highest BCUT2D eigenvalue weighted by Crippen LogP contribution is 2.30. The zero-order valence-corrected chi connectivity index (χ0v) is 10.6. The Kier molecular flexibility index (Phi) is 2.64. The van der Waals surface area contributed by atoms with Crippen LogP contribution in [0.5, 0.6) is 0 Å². The maximum absolute atomic E-state index is 11.6. The molecule has 1 aromatic carbocycles. The first-order valence-electron chi connectivity index (χ1n) is 5.53. The summed E-state index contributed by atoms with van der Waals surface area (Å²) in [4.78, 5) is 19.6. The van der Waals surface area contributed by atoms with Crippen molar-refractivity contribution in [1.29, 1.82) is 0 Å². The maximum atomic E-state index is 11.6. The van der Waals surface area contributed by atoms with Crippen LogP contribution in [0.4, 0.5) is 0 Å². The fraction of sp³-hybridized carbons (Fsp3) is 0.0714. The number of nitrogens with zero attached hydrogens (tertiary/aromatic N) is 2. The second-order valence-electron chi connectivity index (χ2n) is 4.04. The van der Waals surface area contributed by atoms with Crippen molar-refractivity contribution in [2.75, 3.05) is 0 Å². The smallest absolute Gasteiger partial charge is 0.161 e. The molecule has 0 atom stereocenters. The molecule has 3 aromatic rings. The summed E-state index contributed by atoms with van der Waals surface area (Å²) < 4.78 is 1.13. The number of rotatable bonds is 2. The molecule has 0 radical (unpaired) electrons. The molecule has 0 spiro atoms. The van der Waals surface area contributed by atoms with Gasteiger partial charge in [-0.3, -0.25) is 4.79 Å². The van der Waals surface area contributed by atoms with Crippen molar-refractivity contribution in [3.8, 4) is 11.1 Å². The van der Waals surface area contributed by atoms with Crippen LogP contribution >= 0.6 is 11.3 Å². The van der Waals surface area contributed by atoms with E-state index in [1.807, 2.05) is 23.6 Å². The summed E-state index contributed by atoms with van der Waals surface area (Å²) in [5.41, 5.74) is 2.78. The van der Waals surface area contributed by atoms with E-state index in [2.05, 4.69) is 9.97 Å². The molecule has 0 amide bonds. The van der Waals surface area contributed by atoms with Gasteiger partial charge in [0.15, 0.2) is 5.78 Å². The van der Waals surface area contributed by atoms with Gasteiger partial charge in [0.1, 0.15) is 6.33 Å². The number of hydrogen-bond acceptors (Lipinski definition) is 4. The molecule has 2 heterocycles. The van der Waals surface area contributed by atoms with Crippen molar-refractivity contribution in [3.05, 3.63) is 47.9 Å². The average Bonchev–Trinajstić information content (AvgIpc) is 2.82. The molecule has 0 aliphatic heterocycles. The van der Waals surface area contributed by atoms with E-state index in [9.17, 15) is 4.79 Å². The Morgan fingerprint density at radius 2 is 1.94 bits per heavy atom. The number of thiophene rings is 1. The van der Waals surface area contributed by atoms with Crippen LogP contribution in [-0.2, 0) is 0 Å². The average molecular weight is 254 g/mol. The van der Waals surface area contributed by atoms with Crippen LogP contribution in [0.15, 0.2) is 42.3 Å². The Balaban J connectivity index is 2.21. The Hall–Kier alpha value is -2.07. The standard InChI is InChI=1S/C14H10N2OS/c1-9(17)13-7-18-14-3-2-10(4-12(13)14)11-5-15-8-16-6-11/h2-8H,1H3. The number of carbonyl (C=O) groups is 1. The van der Waals surface area contributed by atoms with Crippen molar-refractivity contribution in [3.63, 3.8) is 0 Å². The fourth-order valence-corrected chi connectivity index (χ4v) is 2.91. The first kappa shape index (κ1) is 11.0. The molecule has 0 bridgehead atoms. The molecular formula is C14H10N2OS. The normalized spacial score (nSPS) is 10.7. The predicted molar refractivity (Wildman–Crippen MR) is 72.9 cm³/mol. The van der Waals surface area contributed by atoms with E-state index in [1.165, 1.54) is 6.33 Å². The summed E-state index contributed by atoms with van der Waals surface area (Å²) in [6, 6.07) is 6.09. The van der Waals surface area contributed by atoms with E-state index in [0.29, 0.717) is 0 Å². The summed E-state index contributed by atoms with van der Waals surface area (Å²) in [7, 11) is 0. The van der Waals surface area contributed by atoms with Gasteiger partial charge in [0.2, 0.25) is 0 Å². The summed E-state index contributed by atoms with van der Waals surface area (Å²) in [6.45, 7) is 1.60. The molecule has 0 unspecified atom stereocenters. The molecule has 0 fully saturated rings. The zero-order chi connectivity index (χ0) is 12.5. The lowest BCUT2D eigenvalue weighted by molar-refractivity contribution is 0.101. The molecule has 0 N–H and O–H groups in total. The van der Waals surface area contributed by atoms with E-state index >= 15 is 0 Å². The third kappa shape index (κ3) is 1.80. The minimum atomic E-state index is 0.0997. The maximum Gasteiger partial charge on any atom is 0.161 e. The van der Waals surface area contributed by atoms with Gasteiger partial charge in [-0.25, -0.2) is 9.97 Å². The van der Waals surface area contributed by atoms with E-state index < -0.39 is 0 Å². The van der Waals surface area contributed by atoms with Gasteiger partial charge in [-0.05, 0) is 24.6 Å². The molecule has 0 saturated heterocycles. The zero-order valence-electron chi connectivity index (χ0n) is 9.75. The van der Waals surface area contributed by atoms with Gasteiger partial charge < -0.3 is 0 Å². The van der Waals surface area contributed by atoms with Crippen LogP contribution in [0.1, 0.15) is 17.3 Å². The van der Waals surface area contributed by atoms with Gasteiger partial charge in [0.05, 0.1) is 0 Å². The van der Waals surface area contributed by atoms with Crippen molar-refractivity contribution >= 4 is 27.2 Å². The highest BCUT2D eigenvalue weighted by atomic mass is 32.1. The topological polar surface area (TPSA) is 42.9 Å². The molecule has 4 heteroatoms. The molecule has 18 heavy (non-hydrogen) atoms. The Bertz CT molecular complexity index is 719. The van der Waals surface area contributed by atoms with Gasteiger partial charge in [0.25, 0.3) is 0 Å². The van der Waals surface area contributed by atoms with Crippen molar-refractivity contribution in [1.82, 2.24) is 9.97 Å². The minimum absolute atomic E-state index is 0.0997.